The van der Waals surface area contributed by atoms with Crippen molar-refractivity contribution in [1.29, 1.82) is 0 Å². The number of hydrogen-bond donors (Lipinski definition) is 12. The van der Waals surface area contributed by atoms with Crippen molar-refractivity contribution in [3.63, 3.8) is 0 Å². The molecule has 0 saturated carbocycles. The van der Waals surface area contributed by atoms with Crippen LogP contribution in [0.15, 0.2) is 48.6 Å². The van der Waals surface area contributed by atoms with Gasteiger partial charge in [-0.25, -0.2) is 0 Å². The molecular weight excluding hydrogens is 1080 g/mol. The minimum absolute atomic E-state index is 0.231. The van der Waals surface area contributed by atoms with Crippen molar-refractivity contribution in [2.75, 3.05) is 26.4 Å². The molecule has 3 aliphatic rings. The van der Waals surface area contributed by atoms with Gasteiger partial charge in [-0.3, -0.25) is 4.79 Å². The molecule has 490 valence electrons. The van der Waals surface area contributed by atoms with E-state index in [0.717, 1.165) is 89.9 Å². The second-order valence-electron chi connectivity index (χ2n) is 23.6. The zero-order valence-corrected chi connectivity index (χ0v) is 51.4. The van der Waals surface area contributed by atoms with Crippen LogP contribution in [0.2, 0.25) is 0 Å². The number of unbranched alkanes of at least 4 members (excludes halogenated alkanes) is 27. The van der Waals surface area contributed by atoms with E-state index in [0.29, 0.717) is 6.42 Å². The fourth-order valence-electron chi connectivity index (χ4n) is 11.0. The Labute approximate surface area is 503 Å². The highest BCUT2D eigenvalue weighted by molar-refractivity contribution is 5.76. The van der Waals surface area contributed by atoms with Gasteiger partial charge in [-0.1, -0.05) is 217 Å². The van der Waals surface area contributed by atoms with Crippen molar-refractivity contribution < 1.29 is 89.4 Å². The van der Waals surface area contributed by atoms with Gasteiger partial charge in [0.2, 0.25) is 5.91 Å². The maximum atomic E-state index is 13.4. The second kappa shape index (κ2) is 47.7. The summed E-state index contributed by atoms with van der Waals surface area (Å²) in [5.74, 6) is -0.286. The van der Waals surface area contributed by atoms with Gasteiger partial charge in [0.05, 0.1) is 38.6 Å². The van der Waals surface area contributed by atoms with Crippen LogP contribution in [0.4, 0.5) is 0 Å². The summed E-state index contributed by atoms with van der Waals surface area (Å²) in [4.78, 5) is 13.4. The molecule has 3 heterocycles. The molecule has 0 aromatic heterocycles. The number of hydrogen-bond acceptors (Lipinski definition) is 18. The predicted molar refractivity (Wildman–Crippen MR) is 323 cm³/mol. The lowest BCUT2D eigenvalue weighted by Crippen LogP contribution is -2.66. The summed E-state index contributed by atoms with van der Waals surface area (Å²) in [7, 11) is 0. The Morgan fingerprint density at radius 3 is 1.29 bits per heavy atom. The van der Waals surface area contributed by atoms with E-state index in [-0.39, 0.29) is 18.9 Å². The Hall–Kier alpha value is -2.25. The lowest BCUT2D eigenvalue weighted by atomic mass is 9.96. The number of amides is 1. The van der Waals surface area contributed by atoms with Gasteiger partial charge < -0.3 is 89.9 Å². The Morgan fingerprint density at radius 2 is 0.821 bits per heavy atom. The van der Waals surface area contributed by atoms with E-state index in [1.807, 2.05) is 6.08 Å². The topological polar surface area (TPSA) is 307 Å². The molecule has 17 atom stereocenters. The van der Waals surface area contributed by atoms with E-state index in [4.69, 9.17) is 28.4 Å². The summed E-state index contributed by atoms with van der Waals surface area (Å²) in [5.41, 5.74) is 0. The fraction of sp³-hybridized carbons (Fsp3) is 0.862. The Balaban J connectivity index is 1.47. The highest BCUT2D eigenvalue weighted by Crippen LogP contribution is 2.33. The van der Waals surface area contributed by atoms with Crippen LogP contribution >= 0.6 is 0 Å². The summed E-state index contributed by atoms with van der Waals surface area (Å²) in [6.07, 6.45) is 28.0. The maximum absolute atomic E-state index is 13.4. The summed E-state index contributed by atoms with van der Waals surface area (Å²) in [6, 6.07) is -0.980. The molecule has 3 saturated heterocycles. The zero-order chi connectivity index (χ0) is 61.2. The van der Waals surface area contributed by atoms with Crippen molar-refractivity contribution in [3.05, 3.63) is 48.6 Å². The summed E-state index contributed by atoms with van der Waals surface area (Å²) in [6.45, 7) is 1.62. The molecule has 0 aliphatic carbocycles. The van der Waals surface area contributed by atoms with Gasteiger partial charge in [0, 0.05) is 6.42 Å². The number of rotatable bonds is 49. The molecule has 0 aromatic carbocycles. The highest BCUT2D eigenvalue weighted by atomic mass is 16.8. The van der Waals surface area contributed by atoms with E-state index >= 15 is 0 Å². The number of allylic oxidation sites excluding steroid dienone is 7. The van der Waals surface area contributed by atoms with Crippen molar-refractivity contribution in [2.45, 2.75) is 330 Å². The van der Waals surface area contributed by atoms with Gasteiger partial charge in [0.15, 0.2) is 18.9 Å². The third kappa shape index (κ3) is 30.3. The zero-order valence-electron chi connectivity index (χ0n) is 51.4. The average molecular weight is 1200 g/mol. The van der Waals surface area contributed by atoms with Crippen molar-refractivity contribution >= 4 is 5.91 Å². The molecule has 17 unspecified atom stereocenters. The first-order chi connectivity index (χ1) is 40.8. The monoisotopic (exact) mass is 1200 g/mol. The Kier molecular flexibility index (Phi) is 43.2. The summed E-state index contributed by atoms with van der Waals surface area (Å²) in [5, 5.41) is 120. The van der Waals surface area contributed by atoms with Gasteiger partial charge in [-0.2, -0.15) is 0 Å². The van der Waals surface area contributed by atoms with Crippen LogP contribution in [-0.2, 0) is 33.2 Å². The third-order valence-corrected chi connectivity index (χ3v) is 16.4. The second-order valence-corrected chi connectivity index (χ2v) is 23.6. The first-order valence-corrected chi connectivity index (χ1v) is 32.9. The lowest BCUT2D eigenvalue weighted by Gasteiger charge is -2.48. The van der Waals surface area contributed by atoms with E-state index in [1.165, 1.54) is 109 Å². The van der Waals surface area contributed by atoms with Gasteiger partial charge in [0.1, 0.15) is 73.2 Å². The maximum Gasteiger partial charge on any atom is 0.220 e. The molecule has 0 bridgehead atoms. The van der Waals surface area contributed by atoms with Crippen molar-refractivity contribution in [1.82, 2.24) is 5.32 Å². The standard InChI is InChI=1S/C65H117NO18/c1-3-5-7-9-11-13-15-17-19-21-22-23-24-25-27-28-30-32-34-36-38-40-42-49(70)48(66-53(71)43-41-39-37-35-33-31-29-26-20-18-16-14-12-10-8-6-4-2)47-79-63-59(77)56(74)61(51(45-68)81-63)84-65-60(78)57(75)62(52(46-69)82-65)83-64-58(76)55(73)54(72)50(44-67)80-64/h6,8,12,14,18,20,40,42,48-52,54-65,67-70,72-78H,3-5,7,9-11,13,15-17,19,21-39,41,43-47H2,1-2H3,(H,66,71)/b8-6-,14-12-,20-18-,42-40+. The SMILES string of the molecule is CC/C=C\C/C=C\C/C=C\CCCCCCCCCC(=O)NC(COC1OC(CO)C(OC2OC(CO)C(OC3OC(CO)C(O)C(O)C3O)C(O)C2O)C(O)C1O)C(O)/C=C/CCCCCCCCCCCCCCCCCCCCCC. The van der Waals surface area contributed by atoms with Crippen molar-refractivity contribution in [3.8, 4) is 0 Å². The Morgan fingerprint density at radius 1 is 0.440 bits per heavy atom. The molecule has 0 radical (unpaired) electrons. The van der Waals surface area contributed by atoms with E-state index in [9.17, 15) is 61.0 Å². The van der Waals surface area contributed by atoms with Crippen LogP contribution in [-0.4, -0.2) is 193 Å². The minimum atomic E-state index is -1.98. The molecule has 12 N–H and O–H groups in total. The molecule has 84 heavy (non-hydrogen) atoms. The van der Waals surface area contributed by atoms with E-state index < -0.39 is 124 Å². The fourth-order valence-corrected chi connectivity index (χ4v) is 11.0. The molecule has 1 amide bonds. The number of carbonyl (C=O) groups excluding carboxylic acids is 1. The number of ether oxygens (including phenoxy) is 6. The number of carbonyl (C=O) groups is 1. The summed E-state index contributed by atoms with van der Waals surface area (Å²) < 4.78 is 34.3. The van der Waals surface area contributed by atoms with E-state index in [1.54, 1.807) is 6.08 Å². The quantitative estimate of drug-likeness (QED) is 0.0208. The molecular formula is C65H117NO18. The van der Waals surface area contributed by atoms with Crippen LogP contribution < -0.4 is 5.32 Å². The molecule has 19 heteroatoms. The molecule has 3 fully saturated rings. The van der Waals surface area contributed by atoms with Crippen molar-refractivity contribution in [2.24, 2.45) is 0 Å². The van der Waals surface area contributed by atoms with Gasteiger partial charge in [-0.15, -0.1) is 0 Å². The number of aliphatic hydroxyl groups is 11. The summed E-state index contributed by atoms with van der Waals surface area (Å²) >= 11 is 0. The number of nitrogens with one attached hydrogen (secondary N) is 1. The van der Waals surface area contributed by atoms with Crippen LogP contribution in [0.3, 0.4) is 0 Å². The molecule has 0 aromatic rings. The normalized spacial score (nSPS) is 29.5. The van der Waals surface area contributed by atoms with Crippen LogP contribution in [0.5, 0.6) is 0 Å². The Bertz CT molecular complexity index is 1720. The highest BCUT2D eigenvalue weighted by Gasteiger charge is 2.53. The molecule has 3 aliphatic heterocycles. The molecule has 0 spiro atoms. The molecule has 19 nitrogen and oxygen atoms in total. The van der Waals surface area contributed by atoms with Gasteiger partial charge in [-0.05, 0) is 51.4 Å². The largest absolute Gasteiger partial charge is 0.394 e. The lowest BCUT2D eigenvalue weighted by molar-refractivity contribution is -0.379. The average Bonchev–Trinajstić information content (AvgIpc) is 2.82. The van der Waals surface area contributed by atoms with Crippen LogP contribution in [0.25, 0.3) is 0 Å². The van der Waals surface area contributed by atoms with Gasteiger partial charge >= 0.3 is 0 Å². The predicted octanol–water partition coefficient (Wildman–Crippen LogP) is 7.43. The first kappa shape index (κ1) is 76.0. The van der Waals surface area contributed by atoms with Crippen LogP contribution in [0, 0.1) is 0 Å². The van der Waals surface area contributed by atoms with Gasteiger partial charge in [0.25, 0.3) is 0 Å². The smallest absolute Gasteiger partial charge is 0.220 e. The number of aliphatic hydroxyl groups excluding tert-OH is 11. The van der Waals surface area contributed by atoms with Crippen LogP contribution in [0.1, 0.15) is 226 Å². The minimum Gasteiger partial charge on any atom is -0.394 e. The molecule has 3 rings (SSSR count). The van der Waals surface area contributed by atoms with E-state index in [2.05, 4.69) is 55.6 Å². The third-order valence-electron chi connectivity index (χ3n) is 16.4. The first-order valence-electron chi connectivity index (χ1n) is 32.9.